The lowest BCUT2D eigenvalue weighted by Crippen LogP contribution is -2.25. The highest BCUT2D eigenvalue weighted by Crippen LogP contribution is 2.43. The van der Waals surface area contributed by atoms with E-state index < -0.39 is 11.9 Å². The Kier molecular flexibility index (Phi) is 7.08. The predicted octanol–water partition coefficient (Wildman–Crippen LogP) is 6.59. The van der Waals surface area contributed by atoms with Crippen molar-refractivity contribution in [2.24, 2.45) is 0 Å². The smallest absolute Gasteiger partial charge is 0.311 e. The van der Waals surface area contributed by atoms with Crippen molar-refractivity contribution in [3.8, 4) is 17.2 Å². The van der Waals surface area contributed by atoms with Crippen LogP contribution in [-0.4, -0.2) is 30.1 Å². The zero-order valence-corrected chi connectivity index (χ0v) is 20.9. The van der Waals surface area contributed by atoms with Crippen LogP contribution in [-0.2, 0) is 11.2 Å². The normalized spacial score (nSPS) is 16.6. The van der Waals surface area contributed by atoms with Crippen molar-refractivity contribution >= 4 is 35.1 Å². The molecule has 36 heavy (non-hydrogen) atoms. The molecule has 1 unspecified atom stereocenters. The molecule has 0 saturated heterocycles. The molecule has 8 heteroatoms. The van der Waals surface area contributed by atoms with Gasteiger partial charge in [-0.05, 0) is 85.2 Å². The Hall–Kier alpha value is -3.22. The number of carbonyl (C=O) groups is 2. The Morgan fingerprint density at radius 2 is 1.78 bits per heavy atom. The maximum absolute atomic E-state index is 12.6. The van der Waals surface area contributed by atoms with Crippen molar-refractivity contribution in [3.05, 3.63) is 86.9 Å². The lowest BCUT2D eigenvalue weighted by atomic mass is 9.93. The minimum absolute atomic E-state index is 0.164. The van der Waals surface area contributed by atoms with Gasteiger partial charge in [-0.1, -0.05) is 29.3 Å². The number of carbonyl (C=O) groups excluding carboxylic acids is 1. The first-order chi connectivity index (χ1) is 17.4. The van der Waals surface area contributed by atoms with E-state index in [1.165, 1.54) is 24.0 Å². The van der Waals surface area contributed by atoms with Crippen molar-refractivity contribution in [1.82, 2.24) is 5.32 Å². The van der Waals surface area contributed by atoms with Gasteiger partial charge in [0, 0.05) is 28.8 Å². The molecular weight excluding hydrogens is 501 g/mol. The number of aliphatic carboxylic acids is 1. The molecule has 1 saturated carbocycles. The fourth-order valence-electron chi connectivity index (χ4n) is 4.51. The van der Waals surface area contributed by atoms with E-state index in [1.807, 2.05) is 18.2 Å². The number of nitrogens with one attached hydrogen (secondary N) is 1. The number of halogens is 2. The number of rotatable bonds is 8. The summed E-state index contributed by atoms with van der Waals surface area (Å²) in [6.07, 6.45) is 3.53. The molecular formula is C28H25Cl2NO5. The molecule has 0 spiro atoms. The Morgan fingerprint density at radius 1 is 1.00 bits per heavy atom. The molecule has 2 N–H and O–H groups in total. The number of carboxylic acid groups (broad SMARTS) is 1. The molecule has 3 aromatic rings. The quantitative estimate of drug-likeness (QED) is 0.346. The van der Waals surface area contributed by atoms with Gasteiger partial charge in [0.25, 0.3) is 5.91 Å². The minimum atomic E-state index is -0.908. The Balaban J connectivity index is 1.20. The molecule has 186 valence electrons. The predicted molar refractivity (Wildman–Crippen MR) is 138 cm³/mol. The first-order valence-electron chi connectivity index (χ1n) is 11.9. The highest BCUT2D eigenvalue weighted by molar-refractivity contribution is 6.32. The van der Waals surface area contributed by atoms with E-state index in [0.717, 1.165) is 11.4 Å². The molecule has 1 heterocycles. The number of ether oxygens (including phenoxy) is 2. The molecule has 0 aromatic heterocycles. The zero-order chi connectivity index (χ0) is 25.2. The van der Waals surface area contributed by atoms with Gasteiger partial charge < -0.3 is 19.9 Å². The van der Waals surface area contributed by atoms with Crippen LogP contribution < -0.4 is 14.8 Å². The van der Waals surface area contributed by atoms with E-state index in [1.54, 1.807) is 36.4 Å². The van der Waals surface area contributed by atoms with Gasteiger partial charge in [-0.3, -0.25) is 9.59 Å². The summed E-state index contributed by atoms with van der Waals surface area (Å²) in [5.74, 6) is 0.170. The largest absolute Gasteiger partial charge is 0.493 e. The fourth-order valence-corrected chi connectivity index (χ4v) is 4.90. The third kappa shape index (κ3) is 5.45. The van der Waals surface area contributed by atoms with Crippen LogP contribution in [0.1, 0.15) is 58.1 Å². The van der Waals surface area contributed by atoms with Crippen molar-refractivity contribution in [1.29, 1.82) is 0 Å². The van der Waals surface area contributed by atoms with Gasteiger partial charge in [0.1, 0.15) is 17.2 Å². The molecule has 1 aliphatic heterocycles. The van der Waals surface area contributed by atoms with Crippen LogP contribution in [0.2, 0.25) is 10.0 Å². The second-order valence-corrected chi connectivity index (χ2v) is 9.94. The summed E-state index contributed by atoms with van der Waals surface area (Å²) in [7, 11) is 0. The summed E-state index contributed by atoms with van der Waals surface area (Å²) >= 11 is 12.5. The second-order valence-electron chi connectivity index (χ2n) is 9.10. The van der Waals surface area contributed by atoms with Crippen LogP contribution in [0.4, 0.5) is 0 Å². The Bertz CT molecular complexity index is 1300. The highest BCUT2D eigenvalue weighted by Gasteiger charge is 2.29. The van der Waals surface area contributed by atoms with Gasteiger partial charge in [-0.25, -0.2) is 0 Å². The number of hydrogen-bond donors (Lipinski definition) is 2. The maximum Gasteiger partial charge on any atom is 0.311 e. The van der Waals surface area contributed by atoms with Crippen LogP contribution in [0.15, 0.2) is 54.6 Å². The molecule has 0 radical (unpaired) electrons. The molecule has 1 fully saturated rings. The summed E-state index contributed by atoms with van der Waals surface area (Å²) < 4.78 is 11.5. The lowest BCUT2D eigenvalue weighted by molar-refractivity contribution is -0.139. The van der Waals surface area contributed by atoms with Gasteiger partial charge in [-0.2, -0.15) is 0 Å². The average molecular weight is 526 g/mol. The van der Waals surface area contributed by atoms with Crippen LogP contribution >= 0.6 is 23.2 Å². The molecule has 6 nitrogen and oxygen atoms in total. The summed E-state index contributed by atoms with van der Waals surface area (Å²) in [6, 6.07) is 15.9. The molecule has 0 bridgehead atoms. The number of fused-ring (bicyclic) bond motifs is 1. The number of carboxylic acids is 1. The number of hydrogen-bond acceptors (Lipinski definition) is 4. The summed E-state index contributed by atoms with van der Waals surface area (Å²) in [6.45, 7) is 0.843. The van der Waals surface area contributed by atoms with Crippen LogP contribution in [0.25, 0.3) is 0 Å². The van der Waals surface area contributed by atoms with Gasteiger partial charge >= 0.3 is 5.97 Å². The van der Waals surface area contributed by atoms with Gasteiger partial charge in [0.05, 0.1) is 17.5 Å². The first kappa shape index (κ1) is 24.5. The molecule has 1 atom stereocenters. The standard InChI is InChI=1S/C28H25Cl2NO5/c29-19-6-3-17(22(13-19)16-1-2-16)9-11-31-27(32)18-4-7-20(8-5-18)36-26-15-25-23(14-24(26)30)21(28(33)34)10-12-35-25/h3-8,13-16,21H,1-2,9-12H2,(H,31,32)(H,33,34). The van der Waals surface area contributed by atoms with Crippen molar-refractivity contribution in [3.63, 3.8) is 0 Å². The zero-order valence-electron chi connectivity index (χ0n) is 19.4. The topological polar surface area (TPSA) is 84.9 Å². The van der Waals surface area contributed by atoms with Crippen molar-refractivity contribution < 1.29 is 24.2 Å². The van der Waals surface area contributed by atoms with E-state index in [-0.39, 0.29) is 5.91 Å². The van der Waals surface area contributed by atoms with Gasteiger partial charge in [-0.15, -0.1) is 0 Å². The fraction of sp³-hybridized carbons (Fsp3) is 0.286. The molecule has 2 aliphatic rings. The minimum Gasteiger partial charge on any atom is -0.493 e. The van der Waals surface area contributed by atoms with Crippen molar-refractivity contribution in [2.75, 3.05) is 13.2 Å². The Morgan fingerprint density at radius 3 is 2.50 bits per heavy atom. The van der Waals surface area contributed by atoms with Crippen LogP contribution in [0.3, 0.4) is 0 Å². The number of benzene rings is 3. The molecule has 1 aliphatic carbocycles. The van der Waals surface area contributed by atoms with E-state index in [9.17, 15) is 14.7 Å². The summed E-state index contributed by atoms with van der Waals surface area (Å²) in [5.41, 5.74) is 3.58. The summed E-state index contributed by atoms with van der Waals surface area (Å²) in [4.78, 5) is 24.1. The van der Waals surface area contributed by atoms with E-state index in [2.05, 4.69) is 5.32 Å². The highest BCUT2D eigenvalue weighted by atomic mass is 35.5. The summed E-state index contributed by atoms with van der Waals surface area (Å²) in [5, 5.41) is 13.5. The maximum atomic E-state index is 12.6. The third-order valence-corrected chi connectivity index (χ3v) is 7.08. The lowest BCUT2D eigenvalue weighted by Gasteiger charge is -2.24. The van der Waals surface area contributed by atoms with E-state index in [4.69, 9.17) is 32.7 Å². The van der Waals surface area contributed by atoms with Gasteiger partial charge in [0.15, 0.2) is 0 Å². The monoisotopic (exact) mass is 525 g/mol. The molecule has 1 amide bonds. The number of amides is 1. The molecule has 5 rings (SSSR count). The second kappa shape index (κ2) is 10.4. The van der Waals surface area contributed by atoms with Crippen LogP contribution in [0.5, 0.6) is 17.2 Å². The van der Waals surface area contributed by atoms with E-state index in [0.29, 0.717) is 58.9 Å². The SMILES string of the molecule is O=C(NCCc1ccc(Cl)cc1C1CC1)c1ccc(Oc2cc3c(cc2Cl)C(C(=O)O)CCO3)cc1. The third-order valence-electron chi connectivity index (χ3n) is 6.55. The van der Waals surface area contributed by atoms with Crippen molar-refractivity contribution in [2.45, 2.75) is 37.5 Å². The molecule has 3 aromatic carbocycles. The van der Waals surface area contributed by atoms with Gasteiger partial charge in [0.2, 0.25) is 0 Å². The van der Waals surface area contributed by atoms with Crippen LogP contribution in [0, 0.1) is 0 Å². The van der Waals surface area contributed by atoms with E-state index >= 15 is 0 Å². The Labute approximate surface area is 219 Å². The first-order valence-corrected chi connectivity index (χ1v) is 12.7. The average Bonchev–Trinajstić information content (AvgIpc) is 3.71.